The average Bonchev–Trinajstić information content (AvgIpc) is 2.91. The van der Waals surface area contributed by atoms with Crippen molar-refractivity contribution in [3.8, 4) is 0 Å². The molecule has 0 fully saturated rings. The van der Waals surface area contributed by atoms with Crippen LogP contribution in [0.25, 0.3) is 10.9 Å². The van der Waals surface area contributed by atoms with Gasteiger partial charge >= 0.3 is 0 Å². The van der Waals surface area contributed by atoms with Crippen molar-refractivity contribution in [2.24, 2.45) is 5.73 Å². The van der Waals surface area contributed by atoms with E-state index in [9.17, 15) is 4.79 Å². The highest BCUT2D eigenvalue weighted by Crippen LogP contribution is 2.32. The molecule has 0 radical (unpaired) electrons. The SMILES string of the molecule is CCCN(CCC)C1Cc2n[nH]c3ccc(C(N)=O)c(c23)C1. The van der Waals surface area contributed by atoms with Crippen molar-refractivity contribution in [2.45, 2.75) is 45.6 Å². The Morgan fingerprint density at radius 1 is 1.32 bits per heavy atom. The van der Waals surface area contributed by atoms with Crippen molar-refractivity contribution in [1.29, 1.82) is 0 Å². The van der Waals surface area contributed by atoms with E-state index in [0.29, 0.717) is 11.6 Å². The predicted octanol–water partition coefficient (Wildman–Crippen LogP) is 2.25. The van der Waals surface area contributed by atoms with Crippen LogP contribution < -0.4 is 5.73 Å². The Morgan fingerprint density at radius 3 is 2.68 bits per heavy atom. The van der Waals surface area contributed by atoms with Crippen molar-refractivity contribution in [1.82, 2.24) is 15.1 Å². The summed E-state index contributed by atoms with van der Waals surface area (Å²) in [6, 6.07) is 4.14. The number of aromatic amines is 1. The van der Waals surface area contributed by atoms with Crippen LogP contribution in [0.3, 0.4) is 0 Å². The second-order valence-corrected chi connectivity index (χ2v) is 6.15. The second-order valence-electron chi connectivity index (χ2n) is 6.15. The molecule has 1 aliphatic rings. The lowest BCUT2D eigenvalue weighted by molar-refractivity contribution is 0.0998. The van der Waals surface area contributed by atoms with Crippen molar-refractivity contribution in [2.75, 3.05) is 13.1 Å². The minimum Gasteiger partial charge on any atom is -0.366 e. The molecule has 1 aromatic heterocycles. The molecule has 0 aliphatic heterocycles. The average molecular weight is 300 g/mol. The molecule has 1 heterocycles. The molecule has 1 atom stereocenters. The Hall–Kier alpha value is -1.88. The third kappa shape index (κ3) is 2.50. The quantitative estimate of drug-likeness (QED) is 0.859. The first-order valence-electron chi connectivity index (χ1n) is 8.18. The summed E-state index contributed by atoms with van der Waals surface area (Å²) in [6.07, 6.45) is 4.09. The van der Waals surface area contributed by atoms with E-state index < -0.39 is 0 Å². The number of primary amides is 1. The number of hydrogen-bond donors (Lipinski definition) is 2. The van der Waals surface area contributed by atoms with Gasteiger partial charge in [-0.2, -0.15) is 5.10 Å². The number of hydrogen-bond acceptors (Lipinski definition) is 3. The Balaban J connectivity index is 2.02. The molecule has 2 aromatic rings. The van der Waals surface area contributed by atoms with E-state index in [1.807, 2.05) is 12.1 Å². The van der Waals surface area contributed by atoms with E-state index >= 15 is 0 Å². The van der Waals surface area contributed by atoms with Crippen LogP contribution in [0.4, 0.5) is 0 Å². The van der Waals surface area contributed by atoms with Gasteiger partial charge in [0.25, 0.3) is 0 Å². The van der Waals surface area contributed by atoms with Crippen LogP contribution >= 0.6 is 0 Å². The van der Waals surface area contributed by atoms with Gasteiger partial charge in [0.15, 0.2) is 0 Å². The number of H-pyrrole nitrogens is 1. The fourth-order valence-corrected chi connectivity index (χ4v) is 3.69. The molecule has 1 amide bonds. The third-order valence-electron chi connectivity index (χ3n) is 4.59. The second kappa shape index (κ2) is 6.08. The molecular weight excluding hydrogens is 276 g/mol. The van der Waals surface area contributed by atoms with E-state index in [1.165, 1.54) is 0 Å². The van der Waals surface area contributed by atoms with Crippen LogP contribution in [0.5, 0.6) is 0 Å². The molecular formula is C17H24N4O. The number of aromatic nitrogens is 2. The maximum Gasteiger partial charge on any atom is 0.249 e. The van der Waals surface area contributed by atoms with Crippen LogP contribution in [0.2, 0.25) is 0 Å². The van der Waals surface area contributed by atoms with Crippen LogP contribution in [0.1, 0.15) is 48.3 Å². The number of nitrogens with one attached hydrogen (secondary N) is 1. The van der Waals surface area contributed by atoms with Gasteiger partial charge < -0.3 is 5.73 Å². The smallest absolute Gasteiger partial charge is 0.249 e. The van der Waals surface area contributed by atoms with Crippen molar-refractivity contribution in [3.63, 3.8) is 0 Å². The summed E-state index contributed by atoms with van der Waals surface area (Å²) in [4.78, 5) is 14.3. The van der Waals surface area contributed by atoms with Gasteiger partial charge in [-0.15, -0.1) is 0 Å². The van der Waals surface area contributed by atoms with E-state index in [0.717, 1.165) is 60.9 Å². The van der Waals surface area contributed by atoms with Gasteiger partial charge in [0.2, 0.25) is 5.91 Å². The molecule has 0 spiro atoms. The van der Waals surface area contributed by atoms with Crippen LogP contribution in [0.15, 0.2) is 12.1 Å². The van der Waals surface area contributed by atoms with E-state index in [1.54, 1.807) is 0 Å². The molecule has 0 bridgehead atoms. The van der Waals surface area contributed by atoms with Gasteiger partial charge in [-0.05, 0) is 50.0 Å². The summed E-state index contributed by atoms with van der Waals surface area (Å²) in [5.74, 6) is -0.345. The number of carbonyl (C=O) groups is 1. The molecule has 0 saturated carbocycles. The van der Waals surface area contributed by atoms with Gasteiger partial charge in [-0.25, -0.2) is 0 Å². The number of rotatable bonds is 6. The minimum absolute atomic E-state index is 0.345. The molecule has 1 unspecified atom stereocenters. The highest BCUT2D eigenvalue weighted by atomic mass is 16.1. The third-order valence-corrected chi connectivity index (χ3v) is 4.59. The fourth-order valence-electron chi connectivity index (χ4n) is 3.69. The molecule has 5 nitrogen and oxygen atoms in total. The van der Waals surface area contributed by atoms with E-state index in [-0.39, 0.29) is 5.91 Å². The lowest BCUT2D eigenvalue weighted by atomic mass is 9.86. The Kier molecular flexibility index (Phi) is 4.16. The lowest BCUT2D eigenvalue weighted by Gasteiger charge is -2.34. The van der Waals surface area contributed by atoms with Gasteiger partial charge in [-0.3, -0.25) is 14.8 Å². The maximum absolute atomic E-state index is 11.8. The number of carbonyl (C=O) groups excluding carboxylic acids is 1. The van der Waals surface area contributed by atoms with Crippen molar-refractivity contribution < 1.29 is 4.79 Å². The van der Waals surface area contributed by atoms with Crippen LogP contribution in [0, 0.1) is 0 Å². The molecule has 22 heavy (non-hydrogen) atoms. The highest BCUT2D eigenvalue weighted by molar-refractivity contribution is 6.01. The maximum atomic E-state index is 11.8. The Bertz CT molecular complexity index is 685. The van der Waals surface area contributed by atoms with Crippen LogP contribution in [-0.2, 0) is 12.8 Å². The zero-order valence-electron chi connectivity index (χ0n) is 13.4. The van der Waals surface area contributed by atoms with Crippen LogP contribution in [-0.4, -0.2) is 40.1 Å². The molecule has 0 saturated heterocycles. The summed E-state index contributed by atoms with van der Waals surface area (Å²) in [6.45, 7) is 6.59. The zero-order chi connectivity index (χ0) is 15.7. The summed E-state index contributed by atoms with van der Waals surface area (Å²) in [5.41, 5.74) is 9.37. The molecule has 5 heteroatoms. The van der Waals surface area contributed by atoms with E-state index in [4.69, 9.17) is 5.73 Å². The van der Waals surface area contributed by atoms with Gasteiger partial charge in [0.1, 0.15) is 0 Å². The molecule has 1 aliphatic carbocycles. The number of benzene rings is 1. The normalized spacial score (nSPS) is 17.3. The number of amides is 1. The molecule has 3 rings (SSSR count). The lowest BCUT2D eigenvalue weighted by Crippen LogP contribution is -2.41. The van der Waals surface area contributed by atoms with E-state index in [2.05, 4.69) is 28.9 Å². The summed E-state index contributed by atoms with van der Waals surface area (Å²) >= 11 is 0. The van der Waals surface area contributed by atoms with Gasteiger partial charge in [-0.1, -0.05) is 13.8 Å². The van der Waals surface area contributed by atoms with Gasteiger partial charge in [0, 0.05) is 23.4 Å². The predicted molar refractivity (Wildman–Crippen MR) is 88.0 cm³/mol. The van der Waals surface area contributed by atoms with Gasteiger partial charge in [0.05, 0.1) is 11.2 Å². The van der Waals surface area contributed by atoms with Crippen molar-refractivity contribution >= 4 is 16.8 Å². The summed E-state index contributed by atoms with van der Waals surface area (Å²) in [7, 11) is 0. The first-order valence-corrected chi connectivity index (χ1v) is 8.18. The first-order chi connectivity index (χ1) is 10.7. The highest BCUT2D eigenvalue weighted by Gasteiger charge is 2.29. The standard InChI is InChI=1S/C17H24N4O/c1-3-7-21(8-4-2)11-9-13-12(17(18)22)5-6-14-16(13)15(10-11)20-19-14/h5-6,11H,3-4,7-10H2,1-2H3,(H2,18,22)(H,19,20). The zero-order valence-corrected chi connectivity index (χ0v) is 13.4. The number of nitrogens with two attached hydrogens (primary N) is 1. The Morgan fingerprint density at radius 2 is 2.05 bits per heavy atom. The summed E-state index contributed by atoms with van der Waals surface area (Å²) < 4.78 is 0. The molecule has 1 aromatic carbocycles. The Labute approximate surface area is 130 Å². The fraction of sp³-hybridized carbons (Fsp3) is 0.529. The van der Waals surface area contributed by atoms with Crippen molar-refractivity contribution in [3.05, 3.63) is 29.0 Å². The largest absolute Gasteiger partial charge is 0.366 e. The topological polar surface area (TPSA) is 75.0 Å². The minimum atomic E-state index is -0.345. The first kappa shape index (κ1) is 15.0. The molecule has 118 valence electrons. The summed E-state index contributed by atoms with van der Waals surface area (Å²) in [5, 5.41) is 8.68. The number of nitrogens with zero attached hydrogens (tertiary/aromatic N) is 2. The molecule has 3 N–H and O–H groups in total. The monoisotopic (exact) mass is 300 g/mol.